The molecule has 0 fully saturated rings. The number of pyridine rings is 1. The first-order valence-corrected chi connectivity index (χ1v) is 11.2. The monoisotopic (exact) mass is 494 g/mol. The molecule has 2 heterocycles. The number of carbonyl (C=O) groups excluding carboxylic acids is 1. The van der Waals surface area contributed by atoms with Crippen LogP contribution in [0.1, 0.15) is 10.4 Å². The van der Waals surface area contributed by atoms with Gasteiger partial charge in [0.25, 0.3) is 5.91 Å². The second-order valence-electron chi connectivity index (χ2n) is 7.25. The lowest BCUT2D eigenvalue weighted by atomic mass is 10.1. The molecule has 0 saturated heterocycles. The van der Waals surface area contributed by atoms with Crippen LogP contribution in [-0.4, -0.2) is 23.0 Å². The van der Waals surface area contributed by atoms with Crippen molar-refractivity contribution in [3.8, 4) is 17.2 Å². The quantitative estimate of drug-likeness (QED) is 0.288. The van der Waals surface area contributed by atoms with Gasteiger partial charge in [-0.1, -0.05) is 22.9 Å². The molecule has 5 rings (SSSR count). The van der Waals surface area contributed by atoms with E-state index in [0.29, 0.717) is 39.0 Å². The van der Waals surface area contributed by atoms with E-state index in [1.807, 2.05) is 12.1 Å². The molecule has 0 unspecified atom stereocenters. The molecule has 0 spiro atoms. The molecule has 34 heavy (non-hydrogen) atoms. The van der Waals surface area contributed by atoms with Crippen LogP contribution in [0.3, 0.4) is 0 Å². The van der Waals surface area contributed by atoms with Crippen molar-refractivity contribution in [1.82, 2.24) is 9.97 Å². The Morgan fingerprint density at radius 3 is 2.71 bits per heavy atom. The zero-order valence-electron chi connectivity index (χ0n) is 17.6. The third-order valence-electron chi connectivity index (χ3n) is 5.05. The highest BCUT2D eigenvalue weighted by molar-refractivity contribution is 7.22. The number of nitrogens with one attached hydrogen (secondary N) is 1. The Labute approximate surface area is 201 Å². The number of methoxy groups -OCH3 is 1. The van der Waals surface area contributed by atoms with Crippen LogP contribution >= 0.6 is 22.9 Å². The van der Waals surface area contributed by atoms with Crippen molar-refractivity contribution in [2.75, 3.05) is 12.4 Å². The van der Waals surface area contributed by atoms with Gasteiger partial charge in [-0.3, -0.25) is 9.78 Å². The third-order valence-corrected chi connectivity index (χ3v) is 6.29. The summed E-state index contributed by atoms with van der Waals surface area (Å²) >= 11 is 7.14. The molecule has 10 heteroatoms. The highest BCUT2D eigenvalue weighted by atomic mass is 35.5. The summed E-state index contributed by atoms with van der Waals surface area (Å²) in [7, 11) is 1.46. The predicted octanol–water partition coefficient (Wildman–Crippen LogP) is 6.28. The van der Waals surface area contributed by atoms with Gasteiger partial charge in [0.15, 0.2) is 5.13 Å². The fourth-order valence-corrected chi connectivity index (χ4v) is 4.48. The number of primary amides is 1. The third kappa shape index (κ3) is 4.18. The normalized spacial score (nSPS) is 11.0. The molecule has 3 N–H and O–H groups in total. The fourth-order valence-electron chi connectivity index (χ4n) is 3.44. The van der Waals surface area contributed by atoms with Gasteiger partial charge in [0, 0.05) is 29.4 Å². The predicted molar refractivity (Wildman–Crippen MR) is 131 cm³/mol. The lowest BCUT2D eigenvalue weighted by Gasteiger charge is -2.11. The first kappa shape index (κ1) is 21.9. The number of thiazole rings is 1. The van der Waals surface area contributed by atoms with Crippen molar-refractivity contribution in [1.29, 1.82) is 0 Å². The summed E-state index contributed by atoms with van der Waals surface area (Å²) in [5.41, 5.74) is 7.64. The minimum absolute atomic E-state index is 0.0571. The van der Waals surface area contributed by atoms with Crippen LogP contribution in [0.4, 0.5) is 15.2 Å². The summed E-state index contributed by atoms with van der Waals surface area (Å²) in [4.78, 5) is 20.7. The maximum absolute atomic E-state index is 13.7. The summed E-state index contributed by atoms with van der Waals surface area (Å²) < 4.78 is 26.0. The Balaban J connectivity index is 1.46. The van der Waals surface area contributed by atoms with Gasteiger partial charge in [-0.15, -0.1) is 0 Å². The summed E-state index contributed by atoms with van der Waals surface area (Å²) in [5, 5.41) is 4.36. The fraction of sp³-hybridized carbons (Fsp3) is 0.0417. The maximum atomic E-state index is 13.7. The Kier molecular flexibility index (Phi) is 5.64. The molecule has 0 atom stereocenters. The van der Waals surface area contributed by atoms with E-state index in [0.717, 1.165) is 10.2 Å². The topological polar surface area (TPSA) is 99.4 Å². The lowest BCUT2D eigenvalue weighted by molar-refractivity contribution is 0.0997. The van der Waals surface area contributed by atoms with E-state index in [-0.39, 0.29) is 10.6 Å². The summed E-state index contributed by atoms with van der Waals surface area (Å²) in [5.74, 6) is 0.305. The molecule has 0 aliphatic carbocycles. The summed E-state index contributed by atoms with van der Waals surface area (Å²) in [6.07, 6.45) is 1.61. The van der Waals surface area contributed by atoms with Crippen LogP contribution in [0.5, 0.6) is 17.2 Å². The second-order valence-corrected chi connectivity index (χ2v) is 8.69. The van der Waals surface area contributed by atoms with E-state index in [9.17, 15) is 9.18 Å². The van der Waals surface area contributed by atoms with Crippen LogP contribution in [0.25, 0.3) is 21.1 Å². The van der Waals surface area contributed by atoms with Crippen molar-refractivity contribution in [2.45, 2.75) is 0 Å². The SMILES string of the molecule is COc1cc2nccc(Oc3ccc4nc(Nc5ccc(Cl)c(F)c5)sc4c3)c2cc1C(N)=O. The first-order valence-electron chi connectivity index (χ1n) is 9.98. The zero-order valence-corrected chi connectivity index (χ0v) is 19.2. The minimum Gasteiger partial charge on any atom is -0.496 e. The first-order chi connectivity index (χ1) is 16.4. The standard InChI is InChI=1S/C24H16ClFN4O3S/c1-32-21-11-19-14(10-15(21)23(27)31)20(6-7-28-19)33-13-3-5-18-22(9-13)34-24(30-18)29-12-2-4-16(25)17(26)8-12/h2-11H,1H3,(H2,27,31)(H,29,30). The smallest absolute Gasteiger partial charge is 0.252 e. The number of nitrogens with two attached hydrogens (primary N) is 1. The molecular weight excluding hydrogens is 479 g/mol. The average molecular weight is 495 g/mol. The van der Waals surface area contributed by atoms with Crippen molar-refractivity contribution in [3.63, 3.8) is 0 Å². The maximum Gasteiger partial charge on any atom is 0.252 e. The minimum atomic E-state index is -0.611. The molecule has 0 radical (unpaired) electrons. The number of aromatic nitrogens is 2. The van der Waals surface area contributed by atoms with Gasteiger partial charge in [0.05, 0.1) is 33.4 Å². The van der Waals surface area contributed by atoms with Crippen LogP contribution in [-0.2, 0) is 0 Å². The van der Waals surface area contributed by atoms with E-state index in [1.165, 1.54) is 30.6 Å². The van der Waals surface area contributed by atoms with Crippen LogP contribution < -0.4 is 20.5 Å². The summed E-state index contributed by atoms with van der Waals surface area (Å²) in [6.45, 7) is 0. The van der Waals surface area contributed by atoms with E-state index in [1.54, 1.807) is 36.5 Å². The van der Waals surface area contributed by atoms with Gasteiger partial charge >= 0.3 is 0 Å². The molecule has 0 aliphatic heterocycles. The molecule has 2 aromatic heterocycles. The number of anilines is 2. The highest BCUT2D eigenvalue weighted by Crippen LogP contribution is 2.36. The Morgan fingerprint density at radius 2 is 1.94 bits per heavy atom. The lowest BCUT2D eigenvalue weighted by Crippen LogP contribution is -2.12. The van der Waals surface area contributed by atoms with Gasteiger partial charge in [-0.2, -0.15) is 0 Å². The summed E-state index contributed by atoms with van der Waals surface area (Å²) in [6, 6.07) is 14.9. The largest absolute Gasteiger partial charge is 0.496 e. The highest BCUT2D eigenvalue weighted by Gasteiger charge is 2.15. The van der Waals surface area contributed by atoms with Crippen LogP contribution in [0.2, 0.25) is 5.02 Å². The molecule has 1 amide bonds. The van der Waals surface area contributed by atoms with Crippen LogP contribution in [0.15, 0.2) is 60.8 Å². The van der Waals surface area contributed by atoms with Gasteiger partial charge in [-0.25, -0.2) is 9.37 Å². The number of benzene rings is 3. The molecule has 5 aromatic rings. The molecule has 7 nitrogen and oxygen atoms in total. The molecule has 0 bridgehead atoms. The van der Waals surface area contributed by atoms with Crippen molar-refractivity contribution in [2.24, 2.45) is 5.73 Å². The average Bonchev–Trinajstić information content (AvgIpc) is 3.22. The number of nitrogens with zero attached hydrogens (tertiary/aromatic N) is 2. The molecule has 0 saturated carbocycles. The number of halogens is 2. The van der Waals surface area contributed by atoms with Crippen molar-refractivity contribution in [3.05, 3.63) is 77.2 Å². The van der Waals surface area contributed by atoms with Gasteiger partial charge < -0.3 is 20.5 Å². The second kappa shape index (κ2) is 8.77. The number of ether oxygens (including phenoxy) is 2. The van der Waals surface area contributed by atoms with Gasteiger partial charge in [0.1, 0.15) is 23.1 Å². The Bertz CT molecular complexity index is 1570. The number of carbonyl (C=O) groups is 1. The zero-order chi connectivity index (χ0) is 23.8. The van der Waals surface area contributed by atoms with Crippen LogP contribution in [0, 0.1) is 5.82 Å². The Morgan fingerprint density at radius 1 is 1.09 bits per heavy atom. The number of rotatable bonds is 6. The van der Waals surface area contributed by atoms with E-state index < -0.39 is 11.7 Å². The number of hydrogen-bond acceptors (Lipinski definition) is 7. The van der Waals surface area contributed by atoms with Crippen molar-refractivity contribution >= 4 is 60.8 Å². The molecule has 0 aliphatic rings. The Hall–Kier alpha value is -3.95. The number of hydrogen-bond donors (Lipinski definition) is 2. The number of amides is 1. The van der Waals surface area contributed by atoms with E-state index >= 15 is 0 Å². The van der Waals surface area contributed by atoms with E-state index in [4.69, 9.17) is 26.8 Å². The molecular formula is C24H16ClFN4O3S. The molecule has 3 aromatic carbocycles. The molecule has 170 valence electrons. The van der Waals surface area contributed by atoms with E-state index in [2.05, 4.69) is 15.3 Å². The van der Waals surface area contributed by atoms with Gasteiger partial charge in [0.2, 0.25) is 0 Å². The van der Waals surface area contributed by atoms with Crippen molar-refractivity contribution < 1.29 is 18.7 Å². The van der Waals surface area contributed by atoms with Gasteiger partial charge in [-0.05, 0) is 42.5 Å². The number of fused-ring (bicyclic) bond motifs is 2.